The summed E-state index contributed by atoms with van der Waals surface area (Å²) in [6.07, 6.45) is 0.781. The standard InChI is InChI=1S/C21H21N3O3/c1-13(25)14-8-10-16(11-9-14)23-24-19(20(26)27)18-17-7-5-4-6-15(17)12-21(2,3)22-18/h4-11,22H,12H2,1-3H3,(H,26,27)/b19-18+,24-23+. The fourth-order valence-electron chi connectivity index (χ4n) is 3.10. The molecule has 0 fully saturated rings. The van der Waals surface area contributed by atoms with Crippen molar-refractivity contribution < 1.29 is 14.7 Å². The first kappa shape index (κ1) is 18.5. The number of carbonyl (C=O) groups excluding carboxylic acids is 1. The highest BCUT2D eigenvalue weighted by atomic mass is 16.4. The molecule has 0 atom stereocenters. The van der Waals surface area contributed by atoms with Crippen LogP contribution in [-0.4, -0.2) is 22.4 Å². The number of hydrogen-bond acceptors (Lipinski definition) is 5. The first-order valence-electron chi connectivity index (χ1n) is 8.63. The maximum Gasteiger partial charge on any atom is 0.358 e. The Bertz CT molecular complexity index is 957. The fraction of sp³-hybridized carbons (Fsp3) is 0.238. The zero-order valence-corrected chi connectivity index (χ0v) is 15.5. The van der Waals surface area contributed by atoms with Crippen molar-refractivity contribution in [1.29, 1.82) is 0 Å². The number of fused-ring (bicyclic) bond motifs is 1. The van der Waals surface area contributed by atoms with Gasteiger partial charge in [-0.3, -0.25) is 4.79 Å². The zero-order chi connectivity index (χ0) is 19.6. The minimum Gasteiger partial charge on any atom is -0.476 e. The predicted octanol–water partition coefficient (Wildman–Crippen LogP) is 4.35. The molecule has 6 heteroatoms. The number of carbonyl (C=O) groups is 2. The number of carboxylic acid groups (broad SMARTS) is 1. The van der Waals surface area contributed by atoms with Crippen LogP contribution in [0.4, 0.5) is 5.69 Å². The number of carboxylic acids is 1. The smallest absolute Gasteiger partial charge is 0.358 e. The molecule has 6 nitrogen and oxygen atoms in total. The van der Waals surface area contributed by atoms with E-state index in [0.717, 1.165) is 17.5 Å². The first-order valence-corrected chi connectivity index (χ1v) is 8.63. The summed E-state index contributed by atoms with van der Waals surface area (Å²) in [5.41, 5.74) is 2.93. The van der Waals surface area contributed by atoms with Gasteiger partial charge in [-0.1, -0.05) is 24.3 Å². The number of azo groups is 1. The molecule has 2 N–H and O–H groups in total. The molecule has 27 heavy (non-hydrogen) atoms. The molecule has 0 aromatic heterocycles. The third-order valence-electron chi connectivity index (χ3n) is 4.36. The van der Waals surface area contributed by atoms with E-state index in [1.165, 1.54) is 6.92 Å². The molecular weight excluding hydrogens is 342 g/mol. The number of nitrogens with one attached hydrogen (secondary N) is 1. The number of Topliss-reactive ketones (excluding diaryl/α,β-unsaturated/α-hetero) is 1. The van der Waals surface area contributed by atoms with Crippen LogP contribution in [-0.2, 0) is 11.2 Å². The van der Waals surface area contributed by atoms with E-state index in [1.54, 1.807) is 24.3 Å². The molecule has 0 saturated carbocycles. The predicted molar refractivity (Wildman–Crippen MR) is 103 cm³/mol. The Morgan fingerprint density at radius 3 is 2.37 bits per heavy atom. The quantitative estimate of drug-likeness (QED) is 0.480. The summed E-state index contributed by atoms with van der Waals surface area (Å²) in [7, 11) is 0. The number of benzene rings is 2. The Balaban J connectivity index is 2.04. The highest BCUT2D eigenvalue weighted by Gasteiger charge is 2.31. The van der Waals surface area contributed by atoms with Gasteiger partial charge < -0.3 is 10.4 Å². The summed E-state index contributed by atoms with van der Waals surface area (Å²) in [5, 5.41) is 21.1. The maximum atomic E-state index is 11.9. The monoisotopic (exact) mass is 363 g/mol. The minimum atomic E-state index is -1.16. The van der Waals surface area contributed by atoms with E-state index in [-0.39, 0.29) is 17.0 Å². The van der Waals surface area contributed by atoms with Crippen molar-refractivity contribution >= 4 is 23.1 Å². The van der Waals surface area contributed by atoms with Crippen LogP contribution >= 0.6 is 0 Å². The van der Waals surface area contributed by atoms with Crippen molar-refractivity contribution in [2.45, 2.75) is 32.7 Å². The van der Waals surface area contributed by atoms with Crippen molar-refractivity contribution in [3.05, 3.63) is 70.9 Å². The van der Waals surface area contributed by atoms with Crippen LogP contribution in [0.15, 0.2) is 64.5 Å². The summed E-state index contributed by atoms with van der Waals surface area (Å²) >= 11 is 0. The van der Waals surface area contributed by atoms with E-state index in [2.05, 4.69) is 15.5 Å². The van der Waals surface area contributed by atoms with E-state index in [0.29, 0.717) is 16.9 Å². The summed E-state index contributed by atoms with van der Waals surface area (Å²) in [6.45, 7) is 5.51. The van der Waals surface area contributed by atoms with Gasteiger partial charge in [-0.15, -0.1) is 5.11 Å². The van der Waals surface area contributed by atoms with Gasteiger partial charge in [0.1, 0.15) is 0 Å². The lowest BCUT2D eigenvalue weighted by Crippen LogP contribution is -2.44. The van der Waals surface area contributed by atoms with Gasteiger partial charge in [-0.05, 0) is 57.0 Å². The molecule has 0 saturated heterocycles. The average Bonchev–Trinajstić information content (AvgIpc) is 2.61. The molecule has 0 unspecified atom stereocenters. The van der Waals surface area contributed by atoms with E-state index in [4.69, 9.17) is 0 Å². The van der Waals surface area contributed by atoms with Gasteiger partial charge in [0, 0.05) is 16.7 Å². The number of aliphatic carboxylic acids is 1. The highest BCUT2D eigenvalue weighted by Crippen LogP contribution is 2.32. The van der Waals surface area contributed by atoms with E-state index < -0.39 is 5.97 Å². The Hall–Kier alpha value is -3.28. The summed E-state index contributed by atoms with van der Waals surface area (Å²) in [5.74, 6) is -1.20. The molecule has 1 heterocycles. The second-order valence-electron chi connectivity index (χ2n) is 7.17. The molecule has 2 aromatic carbocycles. The number of ketones is 1. The van der Waals surface area contributed by atoms with Crippen molar-refractivity contribution in [2.24, 2.45) is 10.2 Å². The first-order chi connectivity index (χ1) is 12.8. The molecule has 0 bridgehead atoms. The van der Waals surface area contributed by atoms with Crippen molar-refractivity contribution in [3.63, 3.8) is 0 Å². The van der Waals surface area contributed by atoms with Crippen LogP contribution in [0.1, 0.15) is 42.3 Å². The zero-order valence-electron chi connectivity index (χ0n) is 15.5. The molecule has 1 aliphatic heterocycles. The molecule has 138 valence electrons. The molecule has 0 spiro atoms. The summed E-state index contributed by atoms with van der Waals surface area (Å²) in [4.78, 5) is 23.2. The van der Waals surface area contributed by atoms with Gasteiger partial charge >= 0.3 is 5.97 Å². The normalized spacial score (nSPS) is 17.1. The van der Waals surface area contributed by atoms with Crippen LogP contribution in [0, 0.1) is 0 Å². The summed E-state index contributed by atoms with van der Waals surface area (Å²) < 4.78 is 0. The van der Waals surface area contributed by atoms with Gasteiger partial charge in [0.25, 0.3) is 0 Å². The van der Waals surface area contributed by atoms with Crippen molar-refractivity contribution in [1.82, 2.24) is 5.32 Å². The van der Waals surface area contributed by atoms with Gasteiger partial charge in [-0.25, -0.2) is 4.79 Å². The van der Waals surface area contributed by atoms with Crippen LogP contribution < -0.4 is 5.32 Å². The molecular formula is C21H21N3O3. The second kappa shape index (κ2) is 7.15. The molecule has 2 aromatic rings. The lowest BCUT2D eigenvalue weighted by atomic mass is 9.85. The number of rotatable bonds is 4. The summed E-state index contributed by atoms with van der Waals surface area (Å²) in [6, 6.07) is 14.2. The highest BCUT2D eigenvalue weighted by molar-refractivity contribution is 5.96. The van der Waals surface area contributed by atoms with Crippen LogP contribution in [0.5, 0.6) is 0 Å². The molecule has 1 aliphatic rings. The SMILES string of the molecule is CC(=O)c1ccc(/N=N/C(C(=O)O)=C2/NC(C)(C)Cc3ccccc32)cc1. The second-order valence-corrected chi connectivity index (χ2v) is 7.17. The Morgan fingerprint density at radius 1 is 1.07 bits per heavy atom. The molecule has 0 amide bonds. The van der Waals surface area contributed by atoms with Crippen LogP contribution in [0.3, 0.4) is 0 Å². The Kier molecular flexibility index (Phi) is 4.90. The third kappa shape index (κ3) is 4.11. The minimum absolute atomic E-state index is 0.0444. The maximum absolute atomic E-state index is 11.9. The van der Waals surface area contributed by atoms with E-state index in [9.17, 15) is 14.7 Å². The van der Waals surface area contributed by atoms with Crippen LogP contribution in [0.25, 0.3) is 5.70 Å². The van der Waals surface area contributed by atoms with Gasteiger partial charge in [-0.2, -0.15) is 5.11 Å². The Labute approximate surface area is 157 Å². The molecule has 0 aliphatic carbocycles. The van der Waals surface area contributed by atoms with Gasteiger partial charge in [0.05, 0.1) is 11.4 Å². The van der Waals surface area contributed by atoms with Crippen molar-refractivity contribution in [3.8, 4) is 0 Å². The molecule has 0 radical (unpaired) electrons. The average molecular weight is 363 g/mol. The number of nitrogens with zero attached hydrogens (tertiary/aromatic N) is 2. The third-order valence-corrected chi connectivity index (χ3v) is 4.36. The largest absolute Gasteiger partial charge is 0.476 e. The van der Waals surface area contributed by atoms with Gasteiger partial charge in [0.15, 0.2) is 11.5 Å². The van der Waals surface area contributed by atoms with E-state index >= 15 is 0 Å². The molecule has 3 rings (SSSR count). The van der Waals surface area contributed by atoms with Crippen molar-refractivity contribution in [2.75, 3.05) is 0 Å². The fourth-order valence-corrected chi connectivity index (χ4v) is 3.10. The topological polar surface area (TPSA) is 91.1 Å². The lowest BCUT2D eigenvalue weighted by molar-refractivity contribution is -0.132. The van der Waals surface area contributed by atoms with Crippen LogP contribution in [0.2, 0.25) is 0 Å². The Morgan fingerprint density at radius 2 is 1.74 bits per heavy atom. The lowest BCUT2D eigenvalue weighted by Gasteiger charge is -2.35. The number of hydrogen-bond donors (Lipinski definition) is 2. The van der Waals surface area contributed by atoms with Gasteiger partial charge in [0.2, 0.25) is 0 Å². The van der Waals surface area contributed by atoms with E-state index in [1.807, 2.05) is 38.1 Å².